The molecule has 0 aliphatic carbocycles. The van der Waals surface area contributed by atoms with Crippen molar-refractivity contribution in [3.8, 4) is 0 Å². The maximum Gasteiger partial charge on any atom is 0.221 e. The lowest BCUT2D eigenvalue weighted by Crippen LogP contribution is -2.06. The van der Waals surface area contributed by atoms with Gasteiger partial charge in [0.1, 0.15) is 0 Å². The summed E-state index contributed by atoms with van der Waals surface area (Å²) in [4.78, 5) is 10.7. The lowest BCUT2D eigenvalue weighted by atomic mass is 10.3. The fraction of sp³-hybridized carbons (Fsp3) is 0.125. The van der Waals surface area contributed by atoms with Gasteiger partial charge in [-0.1, -0.05) is 11.6 Å². The van der Waals surface area contributed by atoms with Gasteiger partial charge in [0.15, 0.2) is 0 Å². The summed E-state index contributed by atoms with van der Waals surface area (Å²) in [7, 11) is 0. The number of carbonyl (C=O) groups excluding carboxylic acids is 1. The first-order valence-electron chi connectivity index (χ1n) is 3.32. The van der Waals surface area contributed by atoms with E-state index in [1.165, 1.54) is 6.92 Å². The Balaban J connectivity index is 2.97. The molecule has 0 unspecified atom stereocenters. The van der Waals surface area contributed by atoms with Crippen LogP contribution in [0, 0.1) is 3.57 Å². The lowest BCUT2D eigenvalue weighted by molar-refractivity contribution is -0.114. The van der Waals surface area contributed by atoms with Gasteiger partial charge in [-0.2, -0.15) is 0 Å². The van der Waals surface area contributed by atoms with Crippen LogP contribution in [0.1, 0.15) is 6.92 Å². The third kappa shape index (κ3) is 2.64. The second-order valence-electron chi connectivity index (χ2n) is 2.31. The van der Waals surface area contributed by atoms with Crippen LogP contribution in [-0.2, 0) is 4.79 Å². The Labute approximate surface area is 89.4 Å². The molecule has 0 heterocycles. The molecule has 0 aliphatic rings. The third-order valence-corrected chi connectivity index (χ3v) is 2.24. The minimum atomic E-state index is -0.112. The normalized spacial score (nSPS) is 9.58. The summed E-state index contributed by atoms with van der Waals surface area (Å²) >= 11 is 7.98. The molecule has 0 saturated heterocycles. The first kappa shape index (κ1) is 9.80. The van der Waals surface area contributed by atoms with Gasteiger partial charge in [-0.05, 0) is 40.8 Å². The number of carbonyl (C=O) groups is 1. The standard InChI is InChI=1S/C8H7ClINO/c1-5(12)11-8-4-6(10)2-3-7(8)9/h2-4H,1H3,(H,11,12). The Kier molecular flexibility index (Phi) is 3.34. The van der Waals surface area contributed by atoms with E-state index in [9.17, 15) is 4.79 Å². The average Bonchev–Trinajstić information content (AvgIpc) is 1.96. The molecule has 64 valence electrons. The lowest BCUT2D eigenvalue weighted by Gasteiger charge is -2.04. The van der Waals surface area contributed by atoms with E-state index in [-0.39, 0.29) is 5.91 Å². The molecule has 1 N–H and O–H groups in total. The average molecular weight is 296 g/mol. The van der Waals surface area contributed by atoms with Crippen molar-refractivity contribution in [1.29, 1.82) is 0 Å². The molecule has 1 rings (SSSR count). The van der Waals surface area contributed by atoms with Gasteiger partial charge in [0.25, 0.3) is 0 Å². The zero-order valence-electron chi connectivity index (χ0n) is 6.40. The van der Waals surface area contributed by atoms with Crippen LogP contribution in [0.2, 0.25) is 5.02 Å². The van der Waals surface area contributed by atoms with Gasteiger partial charge in [-0.3, -0.25) is 4.79 Å². The molecule has 0 bridgehead atoms. The molecule has 1 aromatic rings. The van der Waals surface area contributed by atoms with Gasteiger partial charge < -0.3 is 5.32 Å². The van der Waals surface area contributed by atoms with Crippen molar-refractivity contribution in [2.75, 3.05) is 5.32 Å². The molecule has 2 nitrogen and oxygen atoms in total. The van der Waals surface area contributed by atoms with E-state index in [4.69, 9.17) is 11.6 Å². The zero-order valence-corrected chi connectivity index (χ0v) is 9.31. The fourth-order valence-corrected chi connectivity index (χ4v) is 1.44. The van der Waals surface area contributed by atoms with E-state index >= 15 is 0 Å². The molecule has 0 fully saturated rings. The van der Waals surface area contributed by atoms with E-state index in [1.807, 2.05) is 12.1 Å². The zero-order chi connectivity index (χ0) is 9.14. The number of amides is 1. The van der Waals surface area contributed by atoms with E-state index in [2.05, 4.69) is 27.9 Å². The summed E-state index contributed by atoms with van der Waals surface area (Å²) in [6, 6.07) is 5.47. The minimum absolute atomic E-state index is 0.112. The van der Waals surface area contributed by atoms with Gasteiger partial charge in [-0.25, -0.2) is 0 Å². The number of benzene rings is 1. The van der Waals surface area contributed by atoms with Crippen LogP contribution in [0.25, 0.3) is 0 Å². The molecule has 1 amide bonds. The number of hydrogen-bond acceptors (Lipinski definition) is 1. The van der Waals surface area contributed by atoms with Gasteiger partial charge >= 0.3 is 0 Å². The smallest absolute Gasteiger partial charge is 0.221 e. The molecular weight excluding hydrogens is 288 g/mol. The highest BCUT2D eigenvalue weighted by atomic mass is 127. The van der Waals surface area contributed by atoms with Crippen LogP contribution in [-0.4, -0.2) is 5.91 Å². The third-order valence-electron chi connectivity index (χ3n) is 1.24. The summed E-state index contributed by atoms with van der Waals surface area (Å²) in [6.45, 7) is 1.45. The summed E-state index contributed by atoms with van der Waals surface area (Å²) in [5.74, 6) is -0.112. The maximum absolute atomic E-state index is 10.7. The van der Waals surface area contributed by atoms with Crippen molar-refractivity contribution in [1.82, 2.24) is 0 Å². The highest BCUT2D eigenvalue weighted by Gasteiger charge is 2.01. The summed E-state index contributed by atoms with van der Waals surface area (Å²) in [6.07, 6.45) is 0. The monoisotopic (exact) mass is 295 g/mol. The second-order valence-corrected chi connectivity index (χ2v) is 3.96. The van der Waals surface area contributed by atoms with Crippen LogP contribution in [0.4, 0.5) is 5.69 Å². The van der Waals surface area contributed by atoms with Crippen molar-refractivity contribution in [3.05, 3.63) is 26.8 Å². The van der Waals surface area contributed by atoms with Crippen molar-refractivity contribution >= 4 is 45.8 Å². The molecule has 0 aliphatic heterocycles. The topological polar surface area (TPSA) is 29.1 Å². The quantitative estimate of drug-likeness (QED) is 0.793. The molecule has 0 aromatic heterocycles. The predicted octanol–water partition coefficient (Wildman–Crippen LogP) is 2.90. The molecule has 0 radical (unpaired) electrons. The van der Waals surface area contributed by atoms with Crippen LogP contribution in [0.5, 0.6) is 0 Å². The van der Waals surface area contributed by atoms with E-state index in [0.717, 1.165) is 3.57 Å². The highest BCUT2D eigenvalue weighted by Crippen LogP contribution is 2.23. The highest BCUT2D eigenvalue weighted by molar-refractivity contribution is 14.1. The fourth-order valence-electron chi connectivity index (χ4n) is 0.783. The van der Waals surface area contributed by atoms with Crippen molar-refractivity contribution in [2.45, 2.75) is 6.92 Å². The van der Waals surface area contributed by atoms with Crippen LogP contribution >= 0.6 is 34.2 Å². The Morgan fingerprint density at radius 1 is 1.58 bits per heavy atom. The van der Waals surface area contributed by atoms with Gasteiger partial charge in [0.05, 0.1) is 10.7 Å². The summed E-state index contributed by atoms with van der Waals surface area (Å²) in [5.41, 5.74) is 0.663. The number of anilines is 1. The van der Waals surface area contributed by atoms with Crippen LogP contribution < -0.4 is 5.32 Å². The molecule has 0 atom stereocenters. The molecule has 0 spiro atoms. The first-order chi connectivity index (χ1) is 5.59. The van der Waals surface area contributed by atoms with Crippen molar-refractivity contribution in [3.63, 3.8) is 0 Å². The predicted molar refractivity (Wildman–Crippen MR) is 58.5 cm³/mol. The Morgan fingerprint density at radius 2 is 2.25 bits per heavy atom. The van der Waals surface area contributed by atoms with Crippen LogP contribution in [0.3, 0.4) is 0 Å². The summed E-state index contributed by atoms with van der Waals surface area (Å²) < 4.78 is 1.04. The molecule has 12 heavy (non-hydrogen) atoms. The Bertz CT molecular complexity index is 314. The number of nitrogens with one attached hydrogen (secondary N) is 1. The van der Waals surface area contributed by atoms with Crippen molar-refractivity contribution in [2.24, 2.45) is 0 Å². The van der Waals surface area contributed by atoms with E-state index in [0.29, 0.717) is 10.7 Å². The first-order valence-corrected chi connectivity index (χ1v) is 4.78. The summed E-state index contributed by atoms with van der Waals surface area (Å²) in [5, 5.41) is 3.20. The van der Waals surface area contributed by atoms with E-state index < -0.39 is 0 Å². The van der Waals surface area contributed by atoms with E-state index in [1.54, 1.807) is 6.07 Å². The van der Waals surface area contributed by atoms with Gasteiger partial charge in [0.2, 0.25) is 5.91 Å². The van der Waals surface area contributed by atoms with Gasteiger partial charge in [-0.15, -0.1) is 0 Å². The maximum atomic E-state index is 10.7. The number of rotatable bonds is 1. The second kappa shape index (κ2) is 4.09. The Morgan fingerprint density at radius 3 is 2.83 bits per heavy atom. The molecule has 4 heteroatoms. The Hall–Kier alpha value is -0.290. The molecule has 0 saturated carbocycles. The van der Waals surface area contributed by atoms with Crippen LogP contribution in [0.15, 0.2) is 18.2 Å². The van der Waals surface area contributed by atoms with Crippen molar-refractivity contribution < 1.29 is 4.79 Å². The SMILES string of the molecule is CC(=O)Nc1cc(I)ccc1Cl. The number of halogens is 2. The molecular formula is C8H7ClINO. The largest absolute Gasteiger partial charge is 0.325 e. The number of hydrogen-bond donors (Lipinski definition) is 1. The minimum Gasteiger partial charge on any atom is -0.325 e. The van der Waals surface area contributed by atoms with Gasteiger partial charge in [0, 0.05) is 10.5 Å². The molecule has 1 aromatic carbocycles.